The van der Waals surface area contributed by atoms with Gasteiger partial charge in [0.05, 0.1) is 5.25 Å². The molecule has 2 rings (SSSR count). The second-order valence-electron chi connectivity index (χ2n) is 6.75. The number of likely N-dealkylation sites (tertiary alicyclic amines) is 1. The minimum absolute atomic E-state index is 0. The van der Waals surface area contributed by atoms with Crippen LogP contribution in [0.1, 0.15) is 53.4 Å². The Hall–Kier alpha value is -0.300. The van der Waals surface area contributed by atoms with E-state index in [2.05, 4.69) is 24.1 Å². The summed E-state index contributed by atoms with van der Waals surface area (Å²) in [5.74, 6) is 0.343. The molecule has 2 aliphatic heterocycles. The van der Waals surface area contributed by atoms with Gasteiger partial charge in [0.1, 0.15) is 11.0 Å². The van der Waals surface area contributed by atoms with Crippen LogP contribution in [-0.2, 0) is 24.8 Å². The topological polar surface area (TPSA) is 153 Å². The fourth-order valence-electron chi connectivity index (χ4n) is 2.53. The highest BCUT2D eigenvalue weighted by molar-refractivity contribution is 7.90. The summed E-state index contributed by atoms with van der Waals surface area (Å²) in [5, 5.41) is 12.0. The molecular weight excluding hydrogens is 428 g/mol. The van der Waals surface area contributed by atoms with Crippen molar-refractivity contribution < 1.29 is 21.6 Å². The lowest BCUT2D eigenvalue weighted by molar-refractivity contribution is -0.118. The molecule has 12 heteroatoms. The van der Waals surface area contributed by atoms with E-state index in [1.165, 1.54) is 0 Å². The molecule has 0 aromatic carbocycles. The third kappa shape index (κ3) is 11.0. The van der Waals surface area contributed by atoms with Crippen LogP contribution >= 0.6 is 12.4 Å². The van der Waals surface area contributed by atoms with Crippen LogP contribution in [0.25, 0.3) is 0 Å². The van der Waals surface area contributed by atoms with Crippen LogP contribution in [0.2, 0.25) is 0 Å². The molecule has 2 aliphatic rings. The highest BCUT2D eigenvalue weighted by Gasteiger charge is 2.37. The molecule has 0 amide bonds. The molecule has 0 spiro atoms. The van der Waals surface area contributed by atoms with Crippen molar-refractivity contribution in [3.05, 3.63) is 0 Å². The predicted molar refractivity (Wildman–Crippen MR) is 115 cm³/mol. The van der Waals surface area contributed by atoms with Gasteiger partial charge < -0.3 is 5.32 Å². The molecule has 28 heavy (non-hydrogen) atoms. The summed E-state index contributed by atoms with van der Waals surface area (Å²) in [4.78, 5) is 12.4. The van der Waals surface area contributed by atoms with Crippen LogP contribution in [-0.4, -0.2) is 70.2 Å². The first-order valence-electron chi connectivity index (χ1n) is 9.40. The van der Waals surface area contributed by atoms with Gasteiger partial charge in [0, 0.05) is 45.1 Å². The van der Waals surface area contributed by atoms with Crippen molar-refractivity contribution in [1.29, 1.82) is 0 Å². The maximum Gasteiger partial charge on any atom is 0.214 e. The van der Waals surface area contributed by atoms with E-state index in [1.54, 1.807) is 0 Å². The standard InChI is InChI=1S/C8H18N2O2S.C5H10O.C3H8N2O2S.ClH/c1-3-7(4-2)10-5-8(6-10)13(9,11)12;1-3-5(6)4-2;4-8(6,7)3-1-5-2-3;/h7-8H,3-6H2,1-2H3,(H2,9,11,12);3-4H2,1-2H3;3,5H,1-2H2,(H2,4,6,7);1H. The maximum absolute atomic E-state index is 10.9. The average Bonchev–Trinajstić information content (AvgIpc) is 2.45. The molecule has 5 N–H and O–H groups in total. The average molecular weight is 465 g/mol. The van der Waals surface area contributed by atoms with Crippen molar-refractivity contribution in [2.45, 2.75) is 69.9 Å². The van der Waals surface area contributed by atoms with E-state index in [9.17, 15) is 21.6 Å². The SMILES string of the molecule is CCC(=O)CC.CCC(CC)N1CC(S(N)(=O)=O)C1.Cl.NS(=O)(=O)C1CNC1. The van der Waals surface area contributed by atoms with Gasteiger partial charge in [-0.1, -0.05) is 27.7 Å². The third-order valence-electron chi connectivity index (χ3n) is 4.80. The first kappa shape index (κ1) is 29.9. The first-order chi connectivity index (χ1) is 12.4. The smallest absolute Gasteiger partial charge is 0.214 e. The quantitative estimate of drug-likeness (QED) is 0.486. The third-order valence-corrected chi connectivity index (χ3v) is 7.29. The molecule has 0 bridgehead atoms. The van der Waals surface area contributed by atoms with E-state index in [0.29, 0.717) is 50.8 Å². The van der Waals surface area contributed by atoms with E-state index in [1.807, 2.05) is 13.8 Å². The number of hydrogen-bond donors (Lipinski definition) is 3. The number of Topliss-reactive ketones (excluding diaryl/α,β-unsaturated/α-hetero) is 1. The van der Waals surface area contributed by atoms with Crippen LogP contribution < -0.4 is 15.6 Å². The molecule has 170 valence electrons. The summed E-state index contributed by atoms with van der Waals surface area (Å²) in [6.07, 6.45) is 3.54. The van der Waals surface area contributed by atoms with Gasteiger partial charge in [0.25, 0.3) is 0 Å². The Kier molecular flexibility index (Phi) is 14.8. The minimum Gasteiger partial charge on any atom is -0.314 e. The Balaban J connectivity index is 0. The van der Waals surface area contributed by atoms with Gasteiger partial charge in [-0.3, -0.25) is 9.69 Å². The lowest BCUT2D eigenvalue weighted by Gasteiger charge is -2.42. The zero-order chi connectivity index (χ0) is 21.3. The number of nitrogens with zero attached hydrogens (tertiary/aromatic N) is 1. The second kappa shape index (κ2) is 13.8. The zero-order valence-corrected chi connectivity index (χ0v) is 19.7. The number of primary sulfonamides is 2. The fourth-order valence-corrected chi connectivity index (χ4v) is 4.02. The van der Waals surface area contributed by atoms with Crippen LogP contribution in [0.5, 0.6) is 0 Å². The summed E-state index contributed by atoms with van der Waals surface area (Å²) in [5.41, 5.74) is 0. The molecule has 0 aromatic heterocycles. The predicted octanol–water partition coefficient (Wildman–Crippen LogP) is 0.192. The molecule has 2 heterocycles. The molecular formula is C16H37ClN4O5S2. The van der Waals surface area contributed by atoms with E-state index < -0.39 is 20.0 Å². The highest BCUT2D eigenvalue weighted by Crippen LogP contribution is 2.20. The number of nitrogens with one attached hydrogen (secondary N) is 1. The van der Waals surface area contributed by atoms with Crippen molar-refractivity contribution in [3.63, 3.8) is 0 Å². The lowest BCUT2D eigenvalue weighted by atomic mass is 10.1. The Bertz CT molecular complexity index is 638. The van der Waals surface area contributed by atoms with Crippen molar-refractivity contribution in [2.75, 3.05) is 26.2 Å². The fraction of sp³-hybridized carbons (Fsp3) is 0.938. The van der Waals surface area contributed by atoms with Crippen molar-refractivity contribution in [3.8, 4) is 0 Å². The van der Waals surface area contributed by atoms with Gasteiger partial charge in [-0.25, -0.2) is 27.1 Å². The van der Waals surface area contributed by atoms with Crippen LogP contribution in [0, 0.1) is 0 Å². The van der Waals surface area contributed by atoms with Gasteiger partial charge in [-0.15, -0.1) is 12.4 Å². The van der Waals surface area contributed by atoms with Crippen molar-refractivity contribution in [1.82, 2.24) is 10.2 Å². The van der Waals surface area contributed by atoms with Crippen molar-refractivity contribution in [2.24, 2.45) is 10.3 Å². The number of sulfonamides is 2. The molecule has 0 saturated carbocycles. The first-order valence-corrected chi connectivity index (χ1v) is 12.6. The molecule has 0 unspecified atom stereocenters. The van der Waals surface area contributed by atoms with Crippen molar-refractivity contribution >= 4 is 38.2 Å². The number of hydrogen-bond acceptors (Lipinski definition) is 7. The largest absolute Gasteiger partial charge is 0.314 e. The molecule has 0 atom stereocenters. The second-order valence-corrected chi connectivity index (χ2v) is 10.4. The zero-order valence-electron chi connectivity index (χ0n) is 17.3. The molecule has 0 aliphatic carbocycles. The minimum atomic E-state index is -3.29. The summed E-state index contributed by atoms with van der Waals surface area (Å²) >= 11 is 0. The summed E-state index contributed by atoms with van der Waals surface area (Å²) in [6, 6.07) is 0.526. The summed E-state index contributed by atoms with van der Waals surface area (Å²) in [6.45, 7) is 10.3. The lowest BCUT2D eigenvalue weighted by Crippen LogP contribution is -2.59. The van der Waals surface area contributed by atoms with Gasteiger partial charge >= 0.3 is 0 Å². The summed E-state index contributed by atoms with van der Waals surface area (Å²) in [7, 11) is -6.52. The Labute approximate surface area is 176 Å². The number of carbonyl (C=O) groups is 1. The van der Waals surface area contributed by atoms with Gasteiger partial charge in [-0.2, -0.15) is 0 Å². The Morgan fingerprint density at radius 3 is 1.46 bits per heavy atom. The Morgan fingerprint density at radius 2 is 1.32 bits per heavy atom. The van der Waals surface area contributed by atoms with Gasteiger partial charge in [-0.05, 0) is 12.8 Å². The van der Waals surface area contributed by atoms with E-state index >= 15 is 0 Å². The van der Waals surface area contributed by atoms with E-state index in [4.69, 9.17) is 10.3 Å². The number of ketones is 1. The van der Waals surface area contributed by atoms with Crippen LogP contribution in [0.15, 0.2) is 0 Å². The summed E-state index contributed by atoms with van der Waals surface area (Å²) < 4.78 is 42.5. The monoisotopic (exact) mass is 464 g/mol. The number of halogens is 1. The van der Waals surface area contributed by atoms with Gasteiger partial charge in [0.15, 0.2) is 0 Å². The van der Waals surface area contributed by atoms with E-state index in [-0.39, 0.29) is 22.9 Å². The normalized spacial score (nSPS) is 17.8. The molecule has 2 fully saturated rings. The molecule has 2 saturated heterocycles. The van der Waals surface area contributed by atoms with E-state index in [0.717, 1.165) is 12.8 Å². The highest BCUT2D eigenvalue weighted by atomic mass is 35.5. The number of nitrogens with two attached hydrogens (primary N) is 2. The number of rotatable bonds is 7. The molecule has 0 aromatic rings. The maximum atomic E-state index is 10.9. The number of carbonyl (C=O) groups excluding carboxylic acids is 1. The molecule has 9 nitrogen and oxygen atoms in total. The van der Waals surface area contributed by atoms with Crippen LogP contribution in [0.4, 0.5) is 0 Å². The van der Waals surface area contributed by atoms with Gasteiger partial charge in [0.2, 0.25) is 20.0 Å². The molecule has 0 radical (unpaired) electrons. The van der Waals surface area contributed by atoms with Crippen LogP contribution in [0.3, 0.4) is 0 Å². The Morgan fingerprint density at radius 1 is 0.929 bits per heavy atom.